The number of carbonyl (C=O) groups is 1. The lowest BCUT2D eigenvalue weighted by Crippen LogP contribution is -2.40. The molecule has 12 heteroatoms. The van der Waals surface area contributed by atoms with Gasteiger partial charge in [0.15, 0.2) is 10.1 Å². The molecule has 0 amide bonds. The number of aliphatic hydroxyl groups is 1. The van der Waals surface area contributed by atoms with E-state index in [2.05, 4.69) is 29.1 Å². The highest BCUT2D eigenvalue weighted by Crippen LogP contribution is 2.52. The number of esters is 1. The van der Waals surface area contributed by atoms with E-state index in [9.17, 15) is 18.3 Å². The van der Waals surface area contributed by atoms with Gasteiger partial charge >= 0.3 is 16.9 Å². The van der Waals surface area contributed by atoms with Crippen LogP contribution in [0.1, 0.15) is 63.0 Å². The van der Waals surface area contributed by atoms with Crippen LogP contribution >= 0.6 is 0 Å². The zero-order valence-corrected chi connectivity index (χ0v) is 26.9. The van der Waals surface area contributed by atoms with Gasteiger partial charge < -0.3 is 24.2 Å². The highest BCUT2D eigenvalue weighted by Gasteiger charge is 2.44. The molecule has 1 aliphatic heterocycles. The number of sulfone groups is 1. The van der Waals surface area contributed by atoms with E-state index in [1.165, 1.54) is 24.8 Å². The quantitative estimate of drug-likeness (QED) is 0.118. The van der Waals surface area contributed by atoms with Crippen LogP contribution in [0.5, 0.6) is 11.6 Å². The fourth-order valence-corrected chi connectivity index (χ4v) is 7.17. The molecule has 1 fully saturated rings. The third kappa shape index (κ3) is 7.21. The number of hydrogen-bond donors (Lipinski definition) is 1. The van der Waals surface area contributed by atoms with E-state index in [1.54, 1.807) is 25.1 Å². The Hall–Kier alpha value is -4.34. The molecule has 5 unspecified atom stereocenters. The Morgan fingerprint density at radius 1 is 1.20 bits per heavy atom. The molecule has 0 radical (unpaired) electrons. The van der Waals surface area contributed by atoms with E-state index < -0.39 is 33.7 Å². The second kappa shape index (κ2) is 14.8. The number of ether oxygens (including phenoxy) is 3. The van der Waals surface area contributed by atoms with Crippen molar-refractivity contribution in [1.82, 2.24) is 5.16 Å². The molecule has 5 rings (SSSR count). The summed E-state index contributed by atoms with van der Waals surface area (Å²) >= 11 is 0. The van der Waals surface area contributed by atoms with Crippen molar-refractivity contribution in [2.45, 2.75) is 80.4 Å². The van der Waals surface area contributed by atoms with E-state index >= 15 is 0 Å². The van der Waals surface area contributed by atoms with E-state index in [0.29, 0.717) is 24.2 Å². The Balaban J connectivity index is 1.14. The largest absolute Gasteiger partial charge is 0.489 e. The SMILES string of the molecule is CC#CCC(C)C(O)/C=C/C1CCC2Oc3c(CCCC(=O)OCOc4c(S(=O)(=O)c5ccccc5)no[n+]4OC)cccc3C12. The second-order valence-corrected chi connectivity index (χ2v) is 13.3. The van der Waals surface area contributed by atoms with Crippen molar-refractivity contribution in [3.63, 3.8) is 0 Å². The van der Waals surface area contributed by atoms with Crippen molar-refractivity contribution < 1.29 is 46.9 Å². The number of allylic oxidation sites excluding steroid dienone is 1. The topological polar surface area (TPSA) is 138 Å². The Morgan fingerprint density at radius 2 is 2.00 bits per heavy atom. The Morgan fingerprint density at radius 3 is 2.76 bits per heavy atom. The number of aromatic nitrogens is 2. The average molecular weight is 652 g/mol. The van der Waals surface area contributed by atoms with E-state index in [-0.39, 0.29) is 41.1 Å². The van der Waals surface area contributed by atoms with E-state index in [1.807, 2.05) is 25.1 Å². The zero-order chi connectivity index (χ0) is 32.7. The smallest absolute Gasteiger partial charge is 0.442 e. The Bertz CT molecular complexity index is 1710. The zero-order valence-electron chi connectivity index (χ0n) is 26.1. The number of fused-ring (bicyclic) bond motifs is 3. The lowest BCUT2D eigenvalue weighted by atomic mass is 9.86. The van der Waals surface area contributed by atoms with E-state index in [0.717, 1.165) is 24.2 Å². The van der Waals surface area contributed by atoms with Crippen molar-refractivity contribution in [3.8, 4) is 23.5 Å². The van der Waals surface area contributed by atoms with Crippen molar-refractivity contribution in [2.75, 3.05) is 13.9 Å². The highest BCUT2D eigenvalue weighted by molar-refractivity contribution is 7.91. The molecule has 244 valence electrons. The third-order valence-corrected chi connectivity index (χ3v) is 10.1. The maximum Gasteiger partial charge on any atom is 0.442 e. The molecule has 5 atom stereocenters. The van der Waals surface area contributed by atoms with Crippen molar-refractivity contribution in [3.05, 3.63) is 71.8 Å². The van der Waals surface area contributed by atoms with Gasteiger partial charge in [-0.25, -0.2) is 8.42 Å². The minimum Gasteiger partial charge on any atom is -0.489 e. The predicted octanol–water partition coefficient (Wildman–Crippen LogP) is 3.98. The first-order chi connectivity index (χ1) is 22.2. The number of aliphatic hydroxyl groups excluding tert-OH is 1. The van der Waals surface area contributed by atoms with Gasteiger partial charge in [0.05, 0.1) is 11.0 Å². The van der Waals surface area contributed by atoms with Crippen LogP contribution in [0, 0.1) is 23.7 Å². The van der Waals surface area contributed by atoms with Crippen LogP contribution in [0.2, 0.25) is 0 Å². The van der Waals surface area contributed by atoms with Crippen LogP contribution in [0.3, 0.4) is 0 Å². The summed E-state index contributed by atoms with van der Waals surface area (Å²) in [6.07, 6.45) is 7.45. The monoisotopic (exact) mass is 651 g/mol. The fourth-order valence-electron chi connectivity index (χ4n) is 5.94. The summed E-state index contributed by atoms with van der Waals surface area (Å²) in [5, 5.41) is 13.6. The van der Waals surface area contributed by atoms with Crippen LogP contribution < -0.4 is 19.2 Å². The van der Waals surface area contributed by atoms with Gasteiger partial charge in [-0.3, -0.25) is 4.79 Å². The number of rotatable bonds is 14. The summed E-state index contributed by atoms with van der Waals surface area (Å²) in [4.78, 5) is 18.2. The molecule has 2 heterocycles. The summed E-state index contributed by atoms with van der Waals surface area (Å²) in [5.41, 5.74) is 2.21. The first-order valence-electron chi connectivity index (χ1n) is 15.3. The van der Waals surface area contributed by atoms with Crippen molar-refractivity contribution in [1.29, 1.82) is 0 Å². The summed E-state index contributed by atoms with van der Waals surface area (Å²) in [5.74, 6) is 6.52. The van der Waals surface area contributed by atoms with Gasteiger partial charge in [-0.15, -0.1) is 11.8 Å². The molecule has 1 aliphatic carbocycles. The third-order valence-electron chi connectivity index (χ3n) is 8.40. The van der Waals surface area contributed by atoms with Gasteiger partial charge in [-0.2, -0.15) is 0 Å². The number of para-hydroxylation sites is 1. The molecular weight excluding hydrogens is 612 g/mol. The minimum absolute atomic E-state index is 0.0117. The Kier molecular flexibility index (Phi) is 10.7. The van der Waals surface area contributed by atoms with Crippen LogP contribution in [-0.4, -0.2) is 50.8 Å². The first kappa shape index (κ1) is 33.0. The fraction of sp³-hybridized carbons (Fsp3) is 0.441. The maximum absolute atomic E-state index is 13.0. The molecule has 46 heavy (non-hydrogen) atoms. The van der Waals surface area contributed by atoms with Gasteiger partial charge in [-0.1, -0.05) is 55.5 Å². The van der Waals surface area contributed by atoms with Crippen LogP contribution in [-0.2, 0) is 25.8 Å². The molecule has 0 saturated heterocycles. The normalized spacial score (nSPS) is 19.8. The highest BCUT2D eigenvalue weighted by atomic mass is 32.2. The molecule has 0 spiro atoms. The first-order valence-corrected chi connectivity index (χ1v) is 16.8. The molecule has 2 aliphatic rings. The number of hydrogen-bond acceptors (Lipinski definition) is 10. The van der Waals surface area contributed by atoms with Gasteiger partial charge in [-0.05, 0) is 66.8 Å². The minimum atomic E-state index is -4.09. The van der Waals surface area contributed by atoms with Gasteiger partial charge in [0, 0.05) is 24.3 Å². The number of nitrogens with zero attached hydrogens (tertiary/aromatic N) is 2. The molecule has 1 N–H and O–H groups in total. The van der Waals surface area contributed by atoms with E-state index in [4.69, 9.17) is 23.7 Å². The van der Waals surface area contributed by atoms with Gasteiger partial charge in [0.1, 0.15) is 19.0 Å². The number of carbonyl (C=O) groups excluding carboxylic acids is 1. The summed E-state index contributed by atoms with van der Waals surface area (Å²) in [6.45, 7) is 3.24. The van der Waals surface area contributed by atoms with Gasteiger partial charge in [0.25, 0.3) is 9.84 Å². The van der Waals surface area contributed by atoms with Crippen molar-refractivity contribution >= 4 is 15.8 Å². The molecule has 11 nitrogen and oxygen atoms in total. The molecule has 0 bridgehead atoms. The number of benzene rings is 2. The predicted molar refractivity (Wildman–Crippen MR) is 164 cm³/mol. The lowest BCUT2D eigenvalue weighted by Gasteiger charge is -2.17. The average Bonchev–Trinajstić information content (AvgIpc) is 3.77. The molecule has 1 saturated carbocycles. The Labute approximate surface area is 268 Å². The number of aryl methyl sites for hydroxylation is 1. The van der Waals surface area contributed by atoms with Crippen LogP contribution in [0.4, 0.5) is 0 Å². The van der Waals surface area contributed by atoms with Crippen molar-refractivity contribution in [2.24, 2.45) is 11.8 Å². The standard InChI is InChI=1S/C34H39N2O9S/c1-4-5-11-23(2)28(37)20-18-24-19-21-29-31(24)27-16-9-12-25(32(27)44-29)13-10-17-30(38)42-22-43-34-33(35-45-36(34)41-3)46(39,40)26-14-7-6-8-15-26/h6-9,12,14-16,18,20,23-24,28-29,31,37H,10-11,13,17,19,21-22H2,1-3H3/q+1/b20-18+. The van der Waals surface area contributed by atoms with Gasteiger partial charge in [0.2, 0.25) is 6.79 Å². The maximum atomic E-state index is 13.0. The second-order valence-electron chi connectivity index (χ2n) is 11.4. The summed E-state index contributed by atoms with van der Waals surface area (Å²) < 4.78 is 48.0. The summed E-state index contributed by atoms with van der Waals surface area (Å²) in [6, 6.07) is 13.8. The summed E-state index contributed by atoms with van der Waals surface area (Å²) in [7, 11) is -2.84. The molecule has 1 aromatic heterocycles. The molecular formula is C34H39N2O9S+. The molecule has 3 aromatic rings. The van der Waals surface area contributed by atoms with Crippen LogP contribution in [0.15, 0.2) is 75.2 Å². The molecule has 2 aromatic carbocycles. The van der Waals surface area contributed by atoms with Crippen LogP contribution in [0.25, 0.3) is 0 Å². The lowest BCUT2D eigenvalue weighted by molar-refractivity contribution is -1.02.